The zero-order valence-corrected chi connectivity index (χ0v) is 17.0. The highest BCUT2D eigenvalue weighted by atomic mass is 16.2. The van der Waals surface area contributed by atoms with Crippen LogP contribution in [0.2, 0.25) is 0 Å². The largest absolute Gasteiger partial charge is 0.320 e. The van der Waals surface area contributed by atoms with E-state index in [4.69, 9.17) is 0 Å². The maximum absolute atomic E-state index is 13.0. The van der Waals surface area contributed by atoms with Gasteiger partial charge in [0.2, 0.25) is 5.91 Å². The Kier molecular flexibility index (Phi) is 5.44. The van der Waals surface area contributed by atoms with E-state index in [1.54, 1.807) is 19.2 Å². The topological polar surface area (TPSA) is 63.5 Å². The number of carbonyl (C=O) groups excluding carboxylic acids is 1. The second-order valence-electron chi connectivity index (χ2n) is 7.39. The van der Waals surface area contributed by atoms with Gasteiger partial charge in [-0.25, -0.2) is 4.98 Å². The SMILES string of the molecule is Cc1nc2c(C)cccn2c(=O)c1NC(=O)CC(c1ccccc1)c1ccccc1. The molecule has 2 heterocycles. The van der Waals surface area contributed by atoms with Gasteiger partial charge in [-0.1, -0.05) is 66.7 Å². The van der Waals surface area contributed by atoms with E-state index in [0.717, 1.165) is 16.7 Å². The fourth-order valence-corrected chi connectivity index (χ4v) is 3.72. The maximum Gasteiger partial charge on any atom is 0.281 e. The van der Waals surface area contributed by atoms with Gasteiger partial charge in [-0.3, -0.25) is 14.0 Å². The number of anilines is 1. The Labute approximate surface area is 175 Å². The fourth-order valence-electron chi connectivity index (χ4n) is 3.72. The number of pyridine rings is 1. The number of aryl methyl sites for hydroxylation is 2. The molecule has 0 atom stereocenters. The highest BCUT2D eigenvalue weighted by Crippen LogP contribution is 2.28. The predicted octanol–water partition coefficient (Wildman–Crippen LogP) is 4.47. The van der Waals surface area contributed by atoms with Crippen LogP contribution in [0.4, 0.5) is 5.69 Å². The average Bonchev–Trinajstić information content (AvgIpc) is 2.77. The zero-order valence-electron chi connectivity index (χ0n) is 17.0. The van der Waals surface area contributed by atoms with E-state index >= 15 is 0 Å². The summed E-state index contributed by atoms with van der Waals surface area (Å²) in [5, 5.41) is 2.83. The van der Waals surface area contributed by atoms with Gasteiger partial charge in [-0.05, 0) is 36.6 Å². The van der Waals surface area contributed by atoms with Crippen LogP contribution in [0.25, 0.3) is 5.65 Å². The van der Waals surface area contributed by atoms with Crippen molar-refractivity contribution in [3.8, 4) is 0 Å². The van der Waals surface area contributed by atoms with Crippen molar-refractivity contribution in [1.82, 2.24) is 9.38 Å². The van der Waals surface area contributed by atoms with Gasteiger partial charge in [0.1, 0.15) is 11.3 Å². The lowest BCUT2D eigenvalue weighted by Gasteiger charge is -2.18. The van der Waals surface area contributed by atoms with Crippen molar-refractivity contribution in [2.75, 3.05) is 5.32 Å². The molecule has 0 unspecified atom stereocenters. The Morgan fingerprint density at radius 1 is 0.933 bits per heavy atom. The Hall–Kier alpha value is -3.73. The van der Waals surface area contributed by atoms with Crippen LogP contribution in [0.15, 0.2) is 83.8 Å². The Balaban J connectivity index is 1.66. The predicted molar refractivity (Wildman–Crippen MR) is 119 cm³/mol. The molecular formula is C25H23N3O2. The molecule has 0 aliphatic heterocycles. The van der Waals surface area contributed by atoms with Crippen molar-refractivity contribution in [2.24, 2.45) is 0 Å². The molecular weight excluding hydrogens is 374 g/mol. The summed E-state index contributed by atoms with van der Waals surface area (Å²) >= 11 is 0. The lowest BCUT2D eigenvalue weighted by atomic mass is 9.88. The van der Waals surface area contributed by atoms with Gasteiger partial charge in [0.25, 0.3) is 5.56 Å². The van der Waals surface area contributed by atoms with Crippen LogP contribution < -0.4 is 10.9 Å². The van der Waals surface area contributed by atoms with Crippen molar-refractivity contribution in [2.45, 2.75) is 26.2 Å². The summed E-state index contributed by atoms with van der Waals surface area (Å²) in [7, 11) is 0. The third-order valence-corrected chi connectivity index (χ3v) is 5.29. The number of fused-ring (bicyclic) bond motifs is 1. The van der Waals surface area contributed by atoms with E-state index in [-0.39, 0.29) is 29.5 Å². The normalized spacial score (nSPS) is 11.0. The minimum absolute atomic E-state index is 0.105. The Morgan fingerprint density at radius 3 is 2.13 bits per heavy atom. The van der Waals surface area contributed by atoms with E-state index in [1.165, 1.54) is 4.40 Å². The van der Waals surface area contributed by atoms with Crippen molar-refractivity contribution >= 4 is 17.2 Å². The summed E-state index contributed by atoms with van der Waals surface area (Å²) in [5.41, 5.74) is 4.08. The molecule has 2 aromatic carbocycles. The van der Waals surface area contributed by atoms with Crippen molar-refractivity contribution in [3.05, 3.63) is 112 Å². The van der Waals surface area contributed by atoms with Crippen molar-refractivity contribution < 1.29 is 4.79 Å². The van der Waals surface area contributed by atoms with E-state index in [1.807, 2.05) is 73.7 Å². The van der Waals surface area contributed by atoms with E-state index in [9.17, 15) is 9.59 Å². The van der Waals surface area contributed by atoms with Crippen LogP contribution in [-0.4, -0.2) is 15.3 Å². The summed E-state index contributed by atoms with van der Waals surface area (Å²) < 4.78 is 1.48. The van der Waals surface area contributed by atoms with Gasteiger partial charge >= 0.3 is 0 Å². The van der Waals surface area contributed by atoms with Crippen LogP contribution in [0.3, 0.4) is 0 Å². The van der Waals surface area contributed by atoms with Gasteiger partial charge in [-0.2, -0.15) is 0 Å². The van der Waals surface area contributed by atoms with Gasteiger partial charge in [0.05, 0.1) is 5.69 Å². The highest BCUT2D eigenvalue weighted by Gasteiger charge is 2.20. The first-order valence-corrected chi connectivity index (χ1v) is 9.93. The number of benzene rings is 2. The Morgan fingerprint density at radius 2 is 1.53 bits per heavy atom. The number of hydrogen-bond donors (Lipinski definition) is 1. The number of hydrogen-bond acceptors (Lipinski definition) is 3. The van der Waals surface area contributed by atoms with E-state index < -0.39 is 0 Å². The molecule has 0 radical (unpaired) electrons. The van der Waals surface area contributed by atoms with Gasteiger partial charge in [0, 0.05) is 18.5 Å². The maximum atomic E-state index is 13.0. The van der Waals surface area contributed by atoms with Crippen LogP contribution in [-0.2, 0) is 4.79 Å². The number of aromatic nitrogens is 2. The fraction of sp³-hybridized carbons (Fsp3) is 0.160. The van der Waals surface area contributed by atoms with E-state index in [0.29, 0.717) is 11.3 Å². The molecule has 150 valence electrons. The standard InChI is InChI=1S/C25H23N3O2/c1-17-10-9-15-28-24(17)26-18(2)23(25(28)30)27-22(29)16-21(19-11-5-3-6-12-19)20-13-7-4-8-14-20/h3-15,21H,16H2,1-2H3,(H,27,29). The van der Waals surface area contributed by atoms with E-state index in [2.05, 4.69) is 10.3 Å². The summed E-state index contributed by atoms with van der Waals surface area (Å²) in [6.45, 7) is 3.65. The smallest absolute Gasteiger partial charge is 0.281 e. The van der Waals surface area contributed by atoms with Crippen LogP contribution in [0.1, 0.15) is 34.7 Å². The zero-order chi connectivity index (χ0) is 21.1. The summed E-state index contributed by atoms with van der Waals surface area (Å²) in [6.07, 6.45) is 1.90. The minimum atomic E-state index is -0.273. The summed E-state index contributed by atoms with van der Waals surface area (Å²) in [4.78, 5) is 30.5. The lowest BCUT2D eigenvalue weighted by Crippen LogP contribution is -2.26. The molecule has 0 saturated carbocycles. The average molecular weight is 397 g/mol. The second-order valence-corrected chi connectivity index (χ2v) is 7.39. The molecule has 4 aromatic rings. The third-order valence-electron chi connectivity index (χ3n) is 5.29. The number of amides is 1. The molecule has 2 aromatic heterocycles. The molecule has 1 amide bonds. The molecule has 5 heteroatoms. The molecule has 0 spiro atoms. The molecule has 0 fully saturated rings. The lowest BCUT2D eigenvalue weighted by molar-refractivity contribution is -0.116. The number of carbonyl (C=O) groups is 1. The highest BCUT2D eigenvalue weighted by molar-refractivity contribution is 5.92. The number of nitrogens with zero attached hydrogens (tertiary/aromatic N) is 2. The first-order chi connectivity index (χ1) is 14.5. The monoisotopic (exact) mass is 397 g/mol. The van der Waals surface area contributed by atoms with Crippen molar-refractivity contribution in [1.29, 1.82) is 0 Å². The van der Waals surface area contributed by atoms with Crippen LogP contribution in [0.5, 0.6) is 0 Å². The molecule has 0 saturated heterocycles. The molecule has 0 aliphatic carbocycles. The van der Waals surface area contributed by atoms with Gasteiger partial charge < -0.3 is 5.32 Å². The third kappa shape index (κ3) is 3.87. The molecule has 0 bridgehead atoms. The molecule has 4 rings (SSSR count). The first kappa shape index (κ1) is 19.6. The summed E-state index contributed by atoms with van der Waals surface area (Å²) in [6, 6.07) is 23.6. The van der Waals surface area contributed by atoms with Gasteiger partial charge in [0.15, 0.2) is 0 Å². The van der Waals surface area contributed by atoms with Crippen molar-refractivity contribution in [3.63, 3.8) is 0 Å². The van der Waals surface area contributed by atoms with Crippen LogP contribution in [0, 0.1) is 13.8 Å². The molecule has 0 aliphatic rings. The first-order valence-electron chi connectivity index (χ1n) is 9.93. The molecule has 30 heavy (non-hydrogen) atoms. The van der Waals surface area contributed by atoms with Crippen LogP contribution >= 0.6 is 0 Å². The number of nitrogens with one attached hydrogen (secondary N) is 1. The molecule has 5 nitrogen and oxygen atoms in total. The Bertz CT molecular complexity index is 1210. The quantitative estimate of drug-likeness (QED) is 0.540. The van der Waals surface area contributed by atoms with Gasteiger partial charge in [-0.15, -0.1) is 0 Å². The summed E-state index contributed by atoms with van der Waals surface area (Å²) in [5.74, 6) is -0.326. The second kappa shape index (κ2) is 8.33. The minimum Gasteiger partial charge on any atom is -0.320 e. The molecule has 1 N–H and O–H groups in total. The number of rotatable bonds is 5.